The molecule has 1 saturated heterocycles. The summed E-state index contributed by atoms with van der Waals surface area (Å²) in [7, 11) is 1.85. The topological polar surface area (TPSA) is 74.5 Å². The zero-order valence-electron chi connectivity index (χ0n) is 14.3. The van der Waals surface area contributed by atoms with Crippen LogP contribution in [0.3, 0.4) is 0 Å². The monoisotopic (exact) mass is 329 g/mol. The van der Waals surface area contributed by atoms with Gasteiger partial charge in [-0.1, -0.05) is 0 Å². The van der Waals surface area contributed by atoms with Crippen LogP contribution in [0, 0.1) is 13.8 Å². The van der Waals surface area contributed by atoms with E-state index >= 15 is 0 Å². The zero-order chi connectivity index (χ0) is 17.3. The van der Waals surface area contributed by atoms with Gasteiger partial charge in [0.2, 0.25) is 0 Å². The molecule has 3 heterocycles. The summed E-state index contributed by atoms with van der Waals surface area (Å²) in [5.74, 6) is -0.813. The van der Waals surface area contributed by atoms with Crippen molar-refractivity contribution < 1.29 is 9.90 Å². The highest BCUT2D eigenvalue weighted by Gasteiger charge is 2.34. The Bertz CT molecular complexity index is 720. The molecule has 0 bridgehead atoms. The van der Waals surface area contributed by atoms with E-state index in [-0.39, 0.29) is 0 Å². The first-order valence-electron chi connectivity index (χ1n) is 8.11. The van der Waals surface area contributed by atoms with E-state index in [1.54, 1.807) is 17.1 Å². The quantitative estimate of drug-likeness (QED) is 0.913. The Labute approximate surface area is 141 Å². The number of carbonyl (C=O) groups is 1. The van der Waals surface area contributed by atoms with E-state index in [0.29, 0.717) is 13.1 Å². The van der Waals surface area contributed by atoms with Crippen LogP contribution in [0.15, 0.2) is 24.5 Å². The molecular formula is C17H23N5O2. The third-order valence-corrected chi connectivity index (χ3v) is 4.78. The summed E-state index contributed by atoms with van der Waals surface area (Å²) in [4.78, 5) is 20.3. The minimum Gasteiger partial charge on any atom is -0.480 e. The van der Waals surface area contributed by atoms with Crippen LogP contribution < -0.4 is 4.90 Å². The first kappa shape index (κ1) is 16.4. The number of rotatable bonds is 4. The van der Waals surface area contributed by atoms with Gasteiger partial charge in [-0.25, -0.2) is 0 Å². The molecule has 7 heteroatoms. The maximum atomic E-state index is 12.0. The number of hydrogen-bond acceptors (Lipinski definition) is 5. The lowest BCUT2D eigenvalue weighted by atomic mass is 10.0. The lowest BCUT2D eigenvalue weighted by Crippen LogP contribution is -2.49. The lowest BCUT2D eigenvalue weighted by Gasteiger charge is -2.38. The fourth-order valence-electron chi connectivity index (χ4n) is 3.44. The van der Waals surface area contributed by atoms with Gasteiger partial charge in [0.25, 0.3) is 0 Å². The van der Waals surface area contributed by atoms with Crippen molar-refractivity contribution in [1.82, 2.24) is 19.7 Å². The highest BCUT2D eigenvalue weighted by Crippen LogP contribution is 2.28. The maximum absolute atomic E-state index is 12.0. The average molecular weight is 329 g/mol. The minimum absolute atomic E-state index is 0.640. The molecule has 2 aromatic heterocycles. The normalized spacial score (nSPS) is 17.0. The molecule has 0 saturated carbocycles. The number of aliphatic carboxylic acids is 1. The number of aryl methyl sites for hydroxylation is 2. The van der Waals surface area contributed by atoms with Gasteiger partial charge in [-0.3, -0.25) is 19.4 Å². The van der Waals surface area contributed by atoms with Gasteiger partial charge in [0.1, 0.15) is 6.04 Å². The molecule has 0 spiro atoms. The molecular weight excluding hydrogens is 306 g/mol. The molecule has 1 atom stereocenters. The third kappa shape index (κ3) is 2.99. The second-order valence-corrected chi connectivity index (χ2v) is 6.18. The van der Waals surface area contributed by atoms with Crippen LogP contribution in [-0.4, -0.2) is 56.9 Å². The fraction of sp³-hybridized carbons (Fsp3) is 0.471. The zero-order valence-corrected chi connectivity index (χ0v) is 14.3. The van der Waals surface area contributed by atoms with E-state index in [1.807, 2.05) is 37.9 Å². The maximum Gasteiger partial charge on any atom is 0.325 e. The van der Waals surface area contributed by atoms with E-state index in [1.165, 1.54) is 0 Å². The Morgan fingerprint density at radius 3 is 2.29 bits per heavy atom. The standard InChI is InChI=1S/C17H23N5O2/c1-12-15(13(2)20(3)19-12)16(17(23)24)22-10-8-21(9-11-22)14-4-6-18-7-5-14/h4-7,16H,8-11H2,1-3H3,(H,23,24)/t16-/m1/s1. The Kier molecular flexibility index (Phi) is 4.53. The fourth-order valence-corrected chi connectivity index (χ4v) is 3.44. The smallest absolute Gasteiger partial charge is 0.325 e. The van der Waals surface area contributed by atoms with Crippen molar-refractivity contribution in [2.75, 3.05) is 31.1 Å². The van der Waals surface area contributed by atoms with Crippen molar-refractivity contribution in [1.29, 1.82) is 0 Å². The molecule has 1 fully saturated rings. The van der Waals surface area contributed by atoms with Gasteiger partial charge in [-0.15, -0.1) is 0 Å². The van der Waals surface area contributed by atoms with Gasteiger partial charge < -0.3 is 10.0 Å². The Balaban J connectivity index is 1.79. The van der Waals surface area contributed by atoms with Gasteiger partial charge >= 0.3 is 5.97 Å². The highest BCUT2D eigenvalue weighted by atomic mass is 16.4. The molecule has 0 amide bonds. The van der Waals surface area contributed by atoms with Crippen LogP contribution in [0.25, 0.3) is 0 Å². The first-order chi connectivity index (χ1) is 11.5. The number of carboxylic acid groups (broad SMARTS) is 1. The number of piperazine rings is 1. The molecule has 24 heavy (non-hydrogen) atoms. The van der Waals surface area contributed by atoms with Crippen LogP contribution in [-0.2, 0) is 11.8 Å². The number of aromatic nitrogens is 3. The second-order valence-electron chi connectivity index (χ2n) is 6.18. The van der Waals surface area contributed by atoms with Crippen LogP contribution in [0.2, 0.25) is 0 Å². The van der Waals surface area contributed by atoms with Crippen molar-refractivity contribution in [2.45, 2.75) is 19.9 Å². The highest BCUT2D eigenvalue weighted by molar-refractivity contribution is 5.76. The first-order valence-corrected chi connectivity index (χ1v) is 8.11. The van der Waals surface area contributed by atoms with Crippen molar-refractivity contribution >= 4 is 11.7 Å². The molecule has 0 radical (unpaired) electrons. The molecule has 128 valence electrons. The van der Waals surface area contributed by atoms with Crippen LogP contribution in [0.5, 0.6) is 0 Å². The summed E-state index contributed by atoms with van der Waals surface area (Å²) in [5, 5.41) is 14.2. The lowest BCUT2D eigenvalue weighted by molar-refractivity contribution is -0.143. The number of pyridine rings is 1. The average Bonchev–Trinajstić information content (AvgIpc) is 2.83. The SMILES string of the molecule is Cc1nn(C)c(C)c1[C@H](C(=O)O)N1CCN(c2ccncc2)CC1. The largest absolute Gasteiger partial charge is 0.480 e. The van der Waals surface area contributed by atoms with E-state index in [4.69, 9.17) is 0 Å². The number of hydrogen-bond donors (Lipinski definition) is 1. The minimum atomic E-state index is -0.813. The van der Waals surface area contributed by atoms with E-state index in [2.05, 4.69) is 15.0 Å². The molecule has 2 aromatic rings. The Morgan fingerprint density at radius 1 is 1.17 bits per heavy atom. The molecule has 1 N–H and O–H groups in total. The summed E-state index contributed by atoms with van der Waals surface area (Å²) in [6.45, 7) is 6.81. The van der Waals surface area contributed by atoms with Crippen molar-refractivity contribution in [3.05, 3.63) is 41.5 Å². The van der Waals surface area contributed by atoms with Gasteiger partial charge in [0, 0.05) is 62.6 Å². The predicted octanol–water partition coefficient (Wildman–Crippen LogP) is 1.38. The van der Waals surface area contributed by atoms with Crippen LogP contribution in [0.4, 0.5) is 5.69 Å². The van der Waals surface area contributed by atoms with Crippen molar-refractivity contribution in [3.8, 4) is 0 Å². The Morgan fingerprint density at radius 2 is 1.79 bits per heavy atom. The summed E-state index contributed by atoms with van der Waals surface area (Å²) in [6.07, 6.45) is 3.56. The summed E-state index contributed by atoms with van der Waals surface area (Å²) >= 11 is 0. The predicted molar refractivity (Wildman–Crippen MR) is 91.1 cm³/mol. The van der Waals surface area contributed by atoms with Gasteiger partial charge in [-0.2, -0.15) is 5.10 Å². The number of anilines is 1. The molecule has 0 unspecified atom stereocenters. The summed E-state index contributed by atoms with van der Waals surface area (Å²) in [5.41, 5.74) is 3.66. The third-order valence-electron chi connectivity index (χ3n) is 4.78. The second kappa shape index (κ2) is 6.60. The van der Waals surface area contributed by atoms with Gasteiger partial charge in [-0.05, 0) is 26.0 Å². The van der Waals surface area contributed by atoms with Gasteiger partial charge in [0.15, 0.2) is 0 Å². The summed E-state index contributed by atoms with van der Waals surface area (Å²) in [6, 6.07) is 3.33. The number of carboxylic acids is 1. The van der Waals surface area contributed by atoms with Gasteiger partial charge in [0.05, 0.1) is 5.69 Å². The molecule has 0 aromatic carbocycles. The summed E-state index contributed by atoms with van der Waals surface area (Å²) < 4.78 is 1.76. The number of nitrogens with zero attached hydrogens (tertiary/aromatic N) is 5. The molecule has 1 aliphatic heterocycles. The van der Waals surface area contributed by atoms with Crippen molar-refractivity contribution in [3.63, 3.8) is 0 Å². The van der Waals surface area contributed by atoms with E-state index in [9.17, 15) is 9.90 Å². The van der Waals surface area contributed by atoms with E-state index in [0.717, 1.165) is 35.7 Å². The Hall–Kier alpha value is -2.41. The molecule has 7 nitrogen and oxygen atoms in total. The van der Waals surface area contributed by atoms with Crippen LogP contribution >= 0.6 is 0 Å². The molecule has 0 aliphatic carbocycles. The van der Waals surface area contributed by atoms with Crippen LogP contribution in [0.1, 0.15) is 23.0 Å². The van der Waals surface area contributed by atoms with E-state index < -0.39 is 12.0 Å². The molecule has 3 rings (SSSR count). The van der Waals surface area contributed by atoms with Crippen molar-refractivity contribution in [2.24, 2.45) is 7.05 Å². The molecule has 1 aliphatic rings.